The maximum atomic E-state index is 12.0. The summed E-state index contributed by atoms with van der Waals surface area (Å²) in [6.07, 6.45) is 0.951. The molecule has 0 saturated heterocycles. The summed E-state index contributed by atoms with van der Waals surface area (Å²) in [7, 11) is 0. The van der Waals surface area contributed by atoms with Crippen LogP contribution in [-0.2, 0) is 0 Å². The highest BCUT2D eigenvalue weighted by Crippen LogP contribution is 2.31. The van der Waals surface area contributed by atoms with Crippen LogP contribution in [0.1, 0.15) is 33.8 Å². The zero-order valence-electron chi connectivity index (χ0n) is 10.1. The lowest BCUT2D eigenvalue weighted by atomic mass is 9.86. The number of fused-ring (bicyclic) bond motifs is 1. The SMILES string of the molecule is O=C1NCC[C@H](c2ccccc2)c2ccccc21. The average Bonchev–Trinajstić information content (AvgIpc) is 2.60. The smallest absolute Gasteiger partial charge is 0.251 e. The third kappa shape index (κ3) is 1.90. The minimum absolute atomic E-state index is 0.0454. The maximum absolute atomic E-state index is 12.0. The molecular formula is C16H15NO. The minimum atomic E-state index is 0.0454. The largest absolute Gasteiger partial charge is 0.352 e. The zero-order chi connectivity index (χ0) is 12.4. The van der Waals surface area contributed by atoms with Gasteiger partial charge in [-0.2, -0.15) is 0 Å². The Morgan fingerprint density at radius 3 is 2.50 bits per heavy atom. The molecule has 1 aliphatic rings. The topological polar surface area (TPSA) is 29.1 Å². The van der Waals surface area contributed by atoms with E-state index < -0.39 is 0 Å². The molecule has 3 rings (SSSR count). The van der Waals surface area contributed by atoms with Crippen LogP contribution in [-0.4, -0.2) is 12.5 Å². The number of benzene rings is 2. The predicted molar refractivity (Wildman–Crippen MR) is 71.7 cm³/mol. The average molecular weight is 237 g/mol. The number of nitrogens with one attached hydrogen (secondary N) is 1. The normalized spacial score (nSPS) is 18.7. The third-order valence-corrected chi connectivity index (χ3v) is 3.50. The van der Waals surface area contributed by atoms with Crippen molar-refractivity contribution in [2.45, 2.75) is 12.3 Å². The van der Waals surface area contributed by atoms with Crippen LogP contribution in [0, 0.1) is 0 Å². The molecule has 0 radical (unpaired) electrons. The Morgan fingerprint density at radius 1 is 0.944 bits per heavy atom. The van der Waals surface area contributed by atoms with Gasteiger partial charge >= 0.3 is 0 Å². The molecule has 1 amide bonds. The van der Waals surface area contributed by atoms with E-state index in [2.05, 4.69) is 35.6 Å². The second kappa shape index (κ2) is 4.65. The van der Waals surface area contributed by atoms with Crippen LogP contribution in [0.2, 0.25) is 0 Å². The second-order valence-electron chi connectivity index (χ2n) is 4.60. The van der Waals surface area contributed by atoms with E-state index in [9.17, 15) is 4.79 Å². The molecule has 0 saturated carbocycles. The summed E-state index contributed by atoms with van der Waals surface area (Å²) in [6, 6.07) is 18.3. The monoisotopic (exact) mass is 237 g/mol. The molecule has 1 atom stereocenters. The first kappa shape index (κ1) is 11.0. The molecule has 0 aromatic heterocycles. The summed E-state index contributed by atoms with van der Waals surface area (Å²) in [4.78, 5) is 12.0. The molecule has 2 aromatic carbocycles. The van der Waals surface area contributed by atoms with E-state index in [-0.39, 0.29) is 5.91 Å². The molecule has 2 aromatic rings. The lowest BCUT2D eigenvalue weighted by Gasteiger charge is -2.16. The fraction of sp³-hybridized carbons (Fsp3) is 0.188. The first-order chi connectivity index (χ1) is 8.86. The Balaban J connectivity index is 2.11. The minimum Gasteiger partial charge on any atom is -0.352 e. The number of hydrogen-bond donors (Lipinski definition) is 1. The van der Waals surface area contributed by atoms with Crippen LogP contribution < -0.4 is 5.32 Å². The van der Waals surface area contributed by atoms with Crippen LogP contribution in [0.5, 0.6) is 0 Å². The third-order valence-electron chi connectivity index (χ3n) is 3.50. The van der Waals surface area contributed by atoms with Crippen molar-refractivity contribution in [1.82, 2.24) is 5.32 Å². The van der Waals surface area contributed by atoms with Gasteiger partial charge in [-0.05, 0) is 23.6 Å². The van der Waals surface area contributed by atoms with Gasteiger partial charge < -0.3 is 5.32 Å². The Bertz CT molecular complexity index is 562. The molecular weight excluding hydrogens is 222 g/mol. The fourth-order valence-electron chi connectivity index (χ4n) is 2.62. The number of hydrogen-bond acceptors (Lipinski definition) is 1. The van der Waals surface area contributed by atoms with Crippen molar-refractivity contribution in [3.8, 4) is 0 Å². The van der Waals surface area contributed by atoms with Crippen molar-refractivity contribution in [2.75, 3.05) is 6.54 Å². The van der Waals surface area contributed by atoms with E-state index in [1.165, 1.54) is 5.56 Å². The lowest BCUT2D eigenvalue weighted by molar-refractivity contribution is 0.0956. The van der Waals surface area contributed by atoms with Gasteiger partial charge in [-0.1, -0.05) is 48.5 Å². The summed E-state index contributed by atoms with van der Waals surface area (Å²) in [6.45, 7) is 0.729. The Morgan fingerprint density at radius 2 is 1.67 bits per heavy atom. The molecule has 18 heavy (non-hydrogen) atoms. The zero-order valence-corrected chi connectivity index (χ0v) is 10.1. The van der Waals surface area contributed by atoms with Crippen LogP contribution in [0.15, 0.2) is 54.6 Å². The highest BCUT2D eigenvalue weighted by Gasteiger charge is 2.23. The highest BCUT2D eigenvalue weighted by molar-refractivity contribution is 5.96. The molecule has 0 fully saturated rings. The molecule has 0 aliphatic carbocycles. The predicted octanol–water partition coefficient (Wildman–Crippen LogP) is 2.95. The van der Waals surface area contributed by atoms with Gasteiger partial charge in [-0.25, -0.2) is 0 Å². The van der Waals surface area contributed by atoms with Crippen molar-refractivity contribution < 1.29 is 4.79 Å². The van der Waals surface area contributed by atoms with Gasteiger partial charge in [0.1, 0.15) is 0 Å². The molecule has 1 heterocycles. The first-order valence-corrected chi connectivity index (χ1v) is 6.28. The summed E-state index contributed by atoms with van der Waals surface area (Å²) in [5, 5.41) is 2.96. The number of amides is 1. The number of carbonyl (C=O) groups is 1. The second-order valence-corrected chi connectivity index (χ2v) is 4.60. The Kier molecular flexibility index (Phi) is 2.85. The van der Waals surface area contributed by atoms with E-state index in [0.717, 1.165) is 24.1 Å². The van der Waals surface area contributed by atoms with Gasteiger partial charge in [0.05, 0.1) is 0 Å². The summed E-state index contributed by atoms with van der Waals surface area (Å²) in [5.74, 6) is 0.352. The summed E-state index contributed by atoms with van der Waals surface area (Å²) >= 11 is 0. The van der Waals surface area contributed by atoms with Crippen LogP contribution in [0.3, 0.4) is 0 Å². The molecule has 1 N–H and O–H groups in total. The molecule has 0 unspecified atom stereocenters. The summed E-state index contributed by atoms with van der Waals surface area (Å²) in [5.41, 5.74) is 3.23. The van der Waals surface area contributed by atoms with Gasteiger partial charge in [0.25, 0.3) is 5.91 Å². The van der Waals surface area contributed by atoms with Gasteiger partial charge in [0.15, 0.2) is 0 Å². The maximum Gasteiger partial charge on any atom is 0.251 e. The number of carbonyl (C=O) groups excluding carboxylic acids is 1. The first-order valence-electron chi connectivity index (χ1n) is 6.28. The van der Waals surface area contributed by atoms with Crippen LogP contribution >= 0.6 is 0 Å². The van der Waals surface area contributed by atoms with Gasteiger partial charge in [-0.3, -0.25) is 4.79 Å². The van der Waals surface area contributed by atoms with Gasteiger partial charge in [-0.15, -0.1) is 0 Å². The molecule has 0 spiro atoms. The van der Waals surface area contributed by atoms with Crippen molar-refractivity contribution in [2.24, 2.45) is 0 Å². The molecule has 0 bridgehead atoms. The molecule has 90 valence electrons. The highest BCUT2D eigenvalue weighted by atomic mass is 16.1. The van der Waals surface area contributed by atoms with Crippen molar-refractivity contribution >= 4 is 5.91 Å². The molecule has 2 nitrogen and oxygen atoms in total. The molecule has 2 heteroatoms. The number of rotatable bonds is 1. The van der Waals surface area contributed by atoms with E-state index in [0.29, 0.717) is 5.92 Å². The van der Waals surface area contributed by atoms with Gasteiger partial charge in [0, 0.05) is 18.0 Å². The van der Waals surface area contributed by atoms with Crippen LogP contribution in [0.4, 0.5) is 0 Å². The van der Waals surface area contributed by atoms with Crippen molar-refractivity contribution in [1.29, 1.82) is 0 Å². The van der Waals surface area contributed by atoms with E-state index in [1.807, 2.05) is 24.3 Å². The fourth-order valence-corrected chi connectivity index (χ4v) is 2.62. The van der Waals surface area contributed by atoms with Crippen molar-refractivity contribution in [3.05, 3.63) is 71.3 Å². The van der Waals surface area contributed by atoms with Gasteiger partial charge in [0.2, 0.25) is 0 Å². The Labute approximate surface area is 107 Å². The molecule has 1 aliphatic heterocycles. The summed E-state index contributed by atoms with van der Waals surface area (Å²) < 4.78 is 0. The van der Waals surface area contributed by atoms with Crippen LogP contribution in [0.25, 0.3) is 0 Å². The standard InChI is InChI=1S/C16H15NO/c18-16-15-9-5-4-8-14(15)13(10-11-17-16)12-6-2-1-3-7-12/h1-9,13H,10-11H2,(H,17,18)/t13-/m1/s1. The van der Waals surface area contributed by atoms with Crippen molar-refractivity contribution in [3.63, 3.8) is 0 Å². The lowest BCUT2D eigenvalue weighted by Crippen LogP contribution is -2.22. The quantitative estimate of drug-likeness (QED) is 0.811. The Hall–Kier alpha value is -2.09. The van der Waals surface area contributed by atoms with E-state index >= 15 is 0 Å². The van der Waals surface area contributed by atoms with E-state index in [4.69, 9.17) is 0 Å². The van der Waals surface area contributed by atoms with E-state index in [1.54, 1.807) is 0 Å².